The van der Waals surface area contributed by atoms with Crippen molar-refractivity contribution >= 4 is 46.4 Å². The van der Waals surface area contributed by atoms with Crippen molar-refractivity contribution in [3.8, 4) is 0 Å². The van der Waals surface area contributed by atoms with Crippen molar-refractivity contribution in [3.05, 3.63) is 44.9 Å². The van der Waals surface area contributed by atoms with Crippen LogP contribution in [0.15, 0.2) is 34.3 Å². The number of rotatable bonds is 3. The summed E-state index contributed by atoms with van der Waals surface area (Å²) in [4.78, 5) is 0. The molecule has 0 fully saturated rings. The zero-order valence-electron chi connectivity index (χ0n) is 7.24. The van der Waals surface area contributed by atoms with Gasteiger partial charge in [-0.1, -0.05) is 53.0 Å². The SMILES string of the molecule is ClC/C(Cl)=C(\Cl)Cc1ccccc1Cl. The Morgan fingerprint density at radius 2 is 1.71 bits per heavy atom. The van der Waals surface area contributed by atoms with E-state index in [-0.39, 0.29) is 5.88 Å². The molecule has 0 radical (unpaired) electrons. The summed E-state index contributed by atoms with van der Waals surface area (Å²) in [6, 6.07) is 7.49. The molecule has 1 aromatic carbocycles. The summed E-state index contributed by atoms with van der Waals surface area (Å²) in [6.07, 6.45) is 0.521. The van der Waals surface area contributed by atoms with Crippen molar-refractivity contribution in [2.75, 3.05) is 5.88 Å². The fraction of sp³-hybridized carbons (Fsp3) is 0.200. The highest BCUT2D eigenvalue weighted by atomic mass is 35.5. The Morgan fingerprint density at radius 1 is 1.07 bits per heavy atom. The van der Waals surface area contributed by atoms with Crippen LogP contribution >= 0.6 is 46.4 Å². The molecule has 0 unspecified atom stereocenters. The van der Waals surface area contributed by atoms with Gasteiger partial charge in [-0.15, -0.1) is 11.6 Å². The van der Waals surface area contributed by atoms with Crippen LogP contribution in [-0.4, -0.2) is 5.88 Å². The summed E-state index contributed by atoms with van der Waals surface area (Å²) in [5, 5.41) is 1.69. The molecule has 0 saturated heterocycles. The molecule has 1 rings (SSSR count). The minimum atomic E-state index is 0.227. The lowest BCUT2D eigenvalue weighted by Gasteiger charge is -2.03. The van der Waals surface area contributed by atoms with Crippen molar-refractivity contribution in [2.45, 2.75) is 6.42 Å². The van der Waals surface area contributed by atoms with E-state index in [9.17, 15) is 0 Å². The molecule has 76 valence electrons. The number of allylic oxidation sites excluding steroid dienone is 2. The van der Waals surface area contributed by atoms with Gasteiger partial charge in [0.1, 0.15) is 0 Å². The van der Waals surface area contributed by atoms with Crippen molar-refractivity contribution in [2.24, 2.45) is 0 Å². The number of alkyl halides is 1. The largest absolute Gasteiger partial charge is 0.121 e. The van der Waals surface area contributed by atoms with Crippen LogP contribution in [0.4, 0.5) is 0 Å². The van der Waals surface area contributed by atoms with Crippen molar-refractivity contribution in [1.29, 1.82) is 0 Å². The normalized spacial score (nSPS) is 12.6. The molecular weight excluding hydrogens is 262 g/mol. The van der Waals surface area contributed by atoms with Gasteiger partial charge in [0, 0.05) is 21.5 Å². The van der Waals surface area contributed by atoms with Gasteiger partial charge in [0.15, 0.2) is 0 Å². The molecule has 1 aromatic rings. The second kappa shape index (κ2) is 5.87. The molecule has 0 aliphatic heterocycles. The highest BCUT2D eigenvalue weighted by molar-refractivity contribution is 6.42. The van der Waals surface area contributed by atoms with Crippen LogP contribution in [0.3, 0.4) is 0 Å². The van der Waals surface area contributed by atoms with Crippen LogP contribution in [0, 0.1) is 0 Å². The van der Waals surface area contributed by atoms with Gasteiger partial charge in [0.2, 0.25) is 0 Å². The Labute approximate surface area is 103 Å². The molecule has 0 amide bonds. The first-order chi connectivity index (χ1) is 6.65. The number of hydrogen-bond donors (Lipinski definition) is 0. The lowest BCUT2D eigenvalue weighted by molar-refractivity contribution is 1.23. The Hall–Kier alpha value is 0.120. The zero-order chi connectivity index (χ0) is 10.6. The zero-order valence-corrected chi connectivity index (χ0v) is 10.3. The smallest absolute Gasteiger partial charge is 0.0593 e. The molecule has 0 heterocycles. The Balaban J connectivity index is 2.85. The minimum absolute atomic E-state index is 0.227. The summed E-state index contributed by atoms with van der Waals surface area (Å²) >= 11 is 23.2. The molecule has 4 heteroatoms. The average Bonchev–Trinajstić information content (AvgIpc) is 2.20. The monoisotopic (exact) mass is 268 g/mol. The summed E-state index contributed by atoms with van der Waals surface area (Å²) in [5.41, 5.74) is 0.947. The number of benzene rings is 1. The molecular formula is C10H8Cl4. The summed E-state index contributed by atoms with van der Waals surface area (Å²) < 4.78 is 0. The molecule has 0 bridgehead atoms. The second-order valence-electron chi connectivity index (χ2n) is 2.71. The summed E-state index contributed by atoms with van der Waals surface area (Å²) in [6.45, 7) is 0. The predicted octanol–water partition coefficient (Wildman–Crippen LogP) is 4.81. The van der Waals surface area contributed by atoms with Crippen LogP contribution in [0.25, 0.3) is 0 Å². The van der Waals surface area contributed by atoms with E-state index in [0.717, 1.165) is 5.56 Å². The third-order valence-electron chi connectivity index (χ3n) is 1.72. The first-order valence-electron chi connectivity index (χ1n) is 3.97. The first-order valence-corrected chi connectivity index (χ1v) is 5.64. The average molecular weight is 270 g/mol. The molecule has 0 spiro atoms. The molecule has 0 saturated carbocycles. The van der Waals surface area contributed by atoms with Crippen molar-refractivity contribution < 1.29 is 0 Å². The van der Waals surface area contributed by atoms with Gasteiger partial charge >= 0.3 is 0 Å². The number of hydrogen-bond acceptors (Lipinski definition) is 0. The summed E-state index contributed by atoms with van der Waals surface area (Å²) in [5.74, 6) is 0.227. The topological polar surface area (TPSA) is 0 Å². The van der Waals surface area contributed by atoms with Gasteiger partial charge in [-0.25, -0.2) is 0 Å². The molecule has 0 aliphatic rings. The third kappa shape index (κ3) is 3.36. The van der Waals surface area contributed by atoms with Gasteiger partial charge in [-0.2, -0.15) is 0 Å². The van der Waals surface area contributed by atoms with Crippen molar-refractivity contribution in [3.63, 3.8) is 0 Å². The maximum Gasteiger partial charge on any atom is 0.0593 e. The van der Waals surface area contributed by atoms with E-state index in [2.05, 4.69) is 0 Å². The van der Waals surface area contributed by atoms with Crippen LogP contribution in [0.1, 0.15) is 5.56 Å². The van der Waals surface area contributed by atoms with Gasteiger partial charge < -0.3 is 0 Å². The Morgan fingerprint density at radius 3 is 2.29 bits per heavy atom. The van der Waals surface area contributed by atoms with Crippen LogP contribution < -0.4 is 0 Å². The Kier molecular flexibility index (Phi) is 5.11. The van der Waals surface area contributed by atoms with E-state index >= 15 is 0 Å². The maximum absolute atomic E-state index is 5.96. The van der Waals surface area contributed by atoms with Gasteiger partial charge in [-0.3, -0.25) is 0 Å². The fourth-order valence-electron chi connectivity index (χ4n) is 0.977. The van der Waals surface area contributed by atoms with Crippen molar-refractivity contribution in [1.82, 2.24) is 0 Å². The number of halogens is 4. The predicted molar refractivity (Wildman–Crippen MR) is 64.6 cm³/mol. The molecule has 0 aromatic heterocycles. The lowest BCUT2D eigenvalue weighted by Crippen LogP contribution is -1.89. The lowest BCUT2D eigenvalue weighted by atomic mass is 10.1. The molecule has 0 N–H and O–H groups in total. The van der Waals surface area contributed by atoms with E-state index in [1.165, 1.54) is 0 Å². The fourth-order valence-corrected chi connectivity index (χ4v) is 1.69. The van der Waals surface area contributed by atoms with E-state index < -0.39 is 0 Å². The van der Waals surface area contributed by atoms with E-state index in [1.807, 2.05) is 24.3 Å². The minimum Gasteiger partial charge on any atom is -0.121 e. The summed E-state index contributed by atoms with van der Waals surface area (Å²) in [7, 11) is 0. The molecule has 0 nitrogen and oxygen atoms in total. The third-order valence-corrected chi connectivity index (χ3v) is 3.31. The Bertz CT molecular complexity index is 344. The van der Waals surface area contributed by atoms with E-state index in [0.29, 0.717) is 21.5 Å². The molecule has 14 heavy (non-hydrogen) atoms. The quantitative estimate of drug-likeness (QED) is 0.691. The van der Waals surface area contributed by atoms with Gasteiger partial charge in [0.25, 0.3) is 0 Å². The van der Waals surface area contributed by atoms with Crippen LogP contribution in [0.2, 0.25) is 5.02 Å². The van der Waals surface area contributed by atoms with Crippen LogP contribution in [0.5, 0.6) is 0 Å². The maximum atomic E-state index is 5.96. The standard InChI is InChI=1S/C10H8Cl4/c11-6-10(14)9(13)5-7-3-1-2-4-8(7)12/h1-4H,5-6H2/b10-9+. The van der Waals surface area contributed by atoms with Gasteiger partial charge in [0.05, 0.1) is 5.88 Å². The highest BCUT2D eigenvalue weighted by Crippen LogP contribution is 2.24. The molecule has 0 atom stereocenters. The van der Waals surface area contributed by atoms with E-state index in [4.69, 9.17) is 46.4 Å². The van der Waals surface area contributed by atoms with E-state index in [1.54, 1.807) is 0 Å². The van der Waals surface area contributed by atoms with Gasteiger partial charge in [-0.05, 0) is 11.6 Å². The van der Waals surface area contributed by atoms with Crippen LogP contribution in [-0.2, 0) is 6.42 Å². The first kappa shape index (κ1) is 12.2. The highest BCUT2D eigenvalue weighted by Gasteiger charge is 2.05. The second-order valence-corrected chi connectivity index (χ2v) is 4.30. The molecule has 0 aliphatic carbocycles.